The Morgan fingerprint density at radius 3 is 2.53 bits per heavy atom. The maximum absolute atomic E-state index is 11.2. The number of nitrogens with two attached hydrogens (primary N) is 1. The summed E-state index contributed by atoms with van der Waals surface area (Å²) in [7, 11) is 1.27. The van der Waals surface area contributed by atoms with Gasteiger partial charge < -0.3 is 5.73 Å². The molecule has 0 bridgehead atoms. The zero-order chi connectivity index (χ0) is 11.6. The van der Waals surface area contributed by atoms with Gasteiger partial charge in [0.1, 0.15) is 11.0 Å². The fourth-order valence-electron chi connectivity index (χ4n) is 1.17. The van der Waals surface area contributed by atoms with Crippen LogP contribution in [0.4, 0.5) is 0 Å². The first-order valence-corrected chi connectivity index (χ1v) is 6.87. The molecule has 0 heterocycles. The summed E-state index contributed by atoms with van der Waals surface area (Å²) in [5.41, 5.74) is 5.69. The molecule has 0 saturated carbocycles. The summed E-state index contributed by atoms with van der Waals surface area (Å²) >= 11 is 3.15. The quantitative estimate of drug-likeness (QED) is 0.843. The first-order valence-electron chi connectivity index (χ1n) is 3.77. The zero-order valence-corrected chi connectivity index (χ0v) is 10.5. The van der Waals surface area contributed by atoms with Gasteiger partial charge in [0.05, 0.1) is 5.56 Å². The highest BCUT2D eigenvalue weighted by Gasteiger charge is 2.20. The largest absolute Gasteiger partial charge is 0.326 e. The molecule has 0 atom stereocenters. The van der Waals surface area contributed by atoms with E-state index >= 15 is 0 Å². The van der Waals surface area contributed by atoms with Crippen molar-refractivity contribution in [3.8, 4) is 6.07 Å². The minimum atomic E-state index is -3.96. The Balaban J connectivity index is 3.69. The van der Waals surface area contributed by atoms with Crippen LogP contribution >= 0.6 is 26.6 Å². The second-order valence-electron chi connectivity index (χ2n) is 2.70. The minimum Gasteiger partial charge on any atom is -0.326 e. The molecular weight excluding hydrogens is 304 g/mol. The summed E-state index contributed by atoms with van der Waals surface area (Å²) in [6.45, 7) is -0.00456. The fraction of sp³-hybridized carbons (Fsp3) is 0.125. The average Bonchev–Trinajstić information content (AvgIpc) is 2.14. The minimum absolute atomic E-state index is 0.00456. The van der Waals surface area contributed by atoms with E-state index in [2.05, 4.69) is 15.9 Å². The molecule has 0 radical (unpaired) electrons. The molecule has 0 amide bonds. The molecule has 0 aromatic heterocycles. The standard InChI is InChI=1S/C8H6BrClN2O2S/c9-7-1-5(3-11)8(15(10,13)14)6(2-7)4-12/h1-2H,3,11H2. The van der Waals surface area contributed by atoms with Gasteiger partial charge >= 0.3 is 0 Å². The molecule has 1 rings (SSSR count). The number of halogens is 2. The normalized spacial score (nSPS) is 11.1. The number of rotatable bonds is 2. The van der Waals surface area contributed by atoms with Crippen LogP contribution in [0.5, 0.6) is 0 Å². The van der Waals surface area contributed by atoms with Crippen LogP contribution in [0.25, 0.3) is 0 Å². The van der Waals surface area contributed by atoms with E-state index in [4.69, 9.17) is 21.7 Å². The first kappa shape index (κ1) is 12.5. The Labute approximate surface area is 100 Å². The van der Waals surface area contributed by atoms with Crippen molar-refractivity contribution in [2.24, 2.45) is 5.73 Å². The highest BCUT2D eigenvalue weighted by atomic mass is 79.9. The molecule has 0 aliphatic carbocycles. The van der Waals surface area contributed by atoms with Crippen LogP contribution in [-0.4, -0.2) is 8.42 Å². The molecule has 7 heteroatoms. The maximum Gasteiger partial charge on any atom is 0.262 e. The number of nitrogens with zero attached hydrogens (tertiary/aromatic N) is 1. The van der Waals surface area contributed by atoms with Crippen molar-refractivity contribution in [3.63, 3.8) is 0 Å². The molecule has 0 spiro atoms. The van der Waals surface area contributed by atoms with Crippen molar-refractivity contribution in [2.75, 3.05) is 0 Å². The zero-order valence-electron chi connectivity index (χ0n) is 7.37. The van der Waals surface area contributed by atoms with E-state index in [1.165, 1.54) is 12.1 Å². The van der Waals surface area contributed by atoms with Crippen molar-refractivity contribution < 1.29 is 8.42 Å². The van der Waals surface area contributed by atoms with Gasteiger partial charge in [0.15, 0.2) is 0 Å². The van der Waals surface area contributed by atoms with Gasteiger partial charge in [-0.15, -0.1) is 0 Å². The van der Waals surface area contributed by atoms with Gasteiger partial charge in [0.25, 0.3) is 9.05 Å². The van der Waals surface area contributed by atoms with Crippen LogP contribution in [0.15, 0.2) is 21.5 Å². The summed E-state index contributed by atoms with van der Waals surface area (Å²) in [6, 6.07) is 4.68. The summed E-state index contributed by atoms with van der Waals surface area (Å²) < 4.78 is 23.1. The van der Waals surface area contributed by atoms with Gasteiger partial charge in [-0.2, -0.15) is 5.26 Å². The van der Waals surface area contributed by atoms with Gasteiger partial charge in [0.2, 0.25) is 0 Å². The van der Waals surface area contributed by atoms with Crippen LogP contribution < -0.4 is 5.73 Å². The smallest absolute Gasteiger partial charge is 0.262 e. The molecule has 15 heavy (non-hydrogen) atoms. The molecule has 0 fully saturated rings. The first-order chi connectivity index (χ1) is 6.90. The van der Waals surface area contributed by atoms with Crippen molar-refractivity contribution in [1.29, 1.82) is 5.26 Å². The SMILES string of the molecule is N#Cc1cc(Br)cc(CN)c1S(=O)(=O)Cl. The van der Waals surface area contributed by atoms with E-state index in [1.54, 1.807) is 6.07 Å². The molecule has 4 nitrogen and oxygen atoms in total. The molecule has 0 saturated heterocycles. The summed E-state index contributed by atoms with van der Waals surface area (Å²) in [4.78, 5) is -0.211. The Morgan fingerprint density at radius 1 is 1.53 bits per heavy atom. The van der Waals surface area contributed by atoms with E-state index in [0.29, 0.717) is 10.0 Å². The van der Waals surface area contributed by atoms with Gasteiger partial charge in [-0.05, 0) is 17.7 Å². The van der Waals surface area contributed by atoms with Gasteiger partial charge in [-0.1, -0.05) is 15.9 Å². The topological polar surface area (TPSA) is 83.9 Å². The van der Waals surface area contributed by atoms with E-state index < -0.39 is 9.05 Å². The van der Waals surface area contributed by atoms with Crippen LogP contribution in [0, 0.1) is 11.3 Å². The monoisotopic (exact) mass is 308 g/mol. The molecule has 0 aliphatic heterocycles. The van der Waals surface area contributed by atoms with E-state index in [1.807, 2.05) is 0 Å². The van der Waals surface area contributed by atoms with Crippen LogP contribution in [-0.2, 0) is 15.6 Å². The lowest BCUT2D eigenvalue weighted by molar-refractivity contribution is 0.608. The second kappa shape index (κ2) is 4.49. The molecule has 1 aromatic rings. The predicted octanol–water partition coefficient (Wildman–Crippen LogP) is 1.71. The van der Waals surface area contributed by atoms with E-state index in [0.717, 1.165) is 0 Å². The van der Waals surface area contributed by atoms with Gasteiger partial charge in [-0.25, -0.2) is 8.42 Å². The summed E-state index contributed by atoms with van der Waals surface area (Å²) in [5.74, 6) is 0. The highest BCUT2D eigenvalue weighted by Crippen LogP contribution is 2.27. The average molecular weight is 310 g/mol. The number of hydrogen-bond acceptors (Lipinski definition) is 4. The highest BCUT2D eigenvalue weighted by molar-refractivity contribution is 9.10. The van der Waals surface area contributed by atoms with Crippen LogP contribution in [0.3, 0.4) is 0 Å². The van der Waals surface area contributed by atoms with Crippen LogP contribution in [0.1, 0.15) is 11.1 Å². The Bertz CT molecular complexity index is 536. The van der Waals surface area contributed by atoms with Gasteiger partial charge in [-0.3, -0.25) is 0 Å². The number of benzene rings is 1. The summed E-state index contributed by atoms with van der Waals surface area (Å²) in [5, 5.41) is 8.79. The molecule has 2 N–H and O–H groups in total. The summed E-state index contributed by atoms with van der Waals surface area (Å²) in [6.07, 6.45) is 0. The van der Waals surface area contributed by atoms with Crippen molar-refractivity contribution in [2.45, 2.75) is 11.4 Å². The van der Waals surface area contributed by atoms with Crippen molar-refractivity contribution in [1.82, 2.24) is 0 Å². The third-order valence-electron chi connectivity index (χ3n) is 1.71. The maximum atomic E-state index is 11.2. The van der Waals surface area contributed by atoms with Crippen LogP contribution in [0.2, 0.25) is 0 Å². The Kier molecular flexibility index (Phi) is 3.73. The molecule has 0 aliphatic rings. The van der Waals surface area contributed by atoms with Crippen molar-refractivity contribution in [3.05, 3.63) is 27.7 Å². The Hall–Kier alpha value is -0.610. The van der Waals surface area contributed by atoms with Crippen molar-refractivity contribution >= 4 is 35.7 Å². The van der Waals surface area contributed by atoms with E-state index in [9.17, 15) is 8.42 Å². The Morgan fingerprint density at radius 2 is 2.13 bits per heavy atom. The molecule has 80 valence electrons. The molecular formula is C8H6BrClN2O2S. The fourth-order valence-corrected chi connectivity index (χ4v) is 3.05. The number of hydrogen-bond donors (Lipinski definition) is 1. The lowest BCUT2D eigenvalue weighted by atomic mass is 10.1. The third-order valence-corrected chi connectivity index (χ3v) is 3.61. The molecule has 1 aromatic carbocycles. The van der Waals surface area contributed by atoms with Gasteiger partial charge in [0, 0.05) is 21.7 Å². The predicted molar refractivity (Wildman–Crippen MR) is 59.8 cm³/mol. The second-order valence-corrected chi connectivity index (χ2v) is 6.11. The third kappa shape index (κ3) is 2.69. The lowest BCUT2D eigenvalue weighted by Gasteiger charge is -2.07. The number of nitriles is 1. The molecule has 0 unspecified atom stereocenters. The van der Waals surface area contributed by atoms with E-state index in [-0.39, 0.29) is 17.0 Å². The lowest BCUT2D eigenvalue weighted by Crippen LogP contribution is -2.06.